The van der Waals surface area contributed by atoms with E-state index in [4.69, 9.17) is 10.5 Å². The lowest BCUT2D eigenvalue weighted by molar-refractivity contribution is 0.100. The van der Waals surface area contributed by atoms with Crippen LogP contribution in [-0.4, -0.2) is 13.0 Å². The first kappa shape index (κ1) is 14.8. The Hall–Kier alpha value is -2.56. The van der Waals surface area contributed by atoms with Gasteiger partial charge in [-0.3, -0.25) is 4.79 Å². The van der Waals surface area contributed by atoms with Crippen molar-refractivity contribution in [2.45, 2.75) is 13.0 Å². The number of nitrogens with one attached hydrogen (secondary N) is 1. The summed E-state index contributed by atoms with van der Waals surface area (Å²) in [6, 6.07) is 11.1. The number of rotatable bonds is 5. The van der Waals surface area contributed by atoms with Crippen LogP contribution in [0.5, 0.6) is 5.75 Å². The van der Waals surface area contributed by atoms with E-state index in [-0.39, 0.29) is 11.9 Å². The van der Waals surface area contributed by atoms with Gasteiger partial charge >= 0.3 is 0 Å². The van der Waals surface area contributed by atoms with Crippen LogP contribution >= 0.6 is 0 Å². The molecule has 1 amide bonds. The summed E-state index contributed by atoms with van der Waals surface area (Å²) >= 11 is 0. The van der Waals surface area contributed by atoms with Crippen molar-refractivity contribution in [2.75, 3.05) is 12.4 Å². The second kappa shape index (κ2) is 6.26. The number of carbonyl (C=O) groups excluding carboxylic acids is 1. The van der Waals surface area contributed by atoms with E-state index in [1.54, 1.807) is 36.4 Å². The van der Waals surface area contributed by atoms with Gasteiger partial charge in [-0.05, 0) is 43.3 Å². The summed E-state index contributed by atoms with van der Waals surface area (Å²) < 4.78 is 19.2. The van der Waals surface area contributed by atoms with Crippen molar-refractivity contribution in [3.63, 3.8) is 0 Å². The van der Waals surface area contributed by atoms with E-state index >= 15 is 0 Å². The number of hydrogen-bond acceptors (Lipinski definition) is 3. The molecule has 2 aromatic carbocycles. The molecule has 5 heteroatoms. The van der Waals surface area contributed by atoms with Crippen molar-refractivity contribution >= 4 is 11.6 Å². The van der Waals surface area contributed by atoms with Gasteiger partial charge in [0.15, 0.2) is 0 Å². The van der Waals surface area contributed by atoms with E-state index < -0.39 is 5.91 Å². The number of anilines is 1. The van der Waals surface area contributed by atoms with Crippen molar-refractivity contribution in [3.8, 4) is 5.75 Å². The maximum atomic E-state index is 14.0. The summed E-state index contributed by atoms with van der Waals surface area (Å²) in [5, 5.41) is 3.17. The van der Waals surface area contributed by atoms with E-state index in [1.165, 1.54) is 13.2 Å². The van der Waals surface area contributed by atoms with Gasteiger partial charge in [-0.2, -0.15) is 0 Å². The van der Waals surface area contributed by atoms with Crippen LogP contribution in [0.1, 0.15) is 28.9 Å². The molecule has 1 atom stereocenters. The van der Waals surface area contributed by atoms with Gasteiger partial charge in [-0.25, -0.2) is 4.39 Å². The topological polar surface area (TPSA) is 64.3 Å². The molecule has 0 aliphatic rings. The van der Waals surface area contributed by atoms with E-state index in [9.17, 15) is 9.18 Å². The van der Waals surface area contributed by atoms with Crippen LogP contribution in [0.4, 0.5) is 10.1 Å². The third-order valence-electron chi connectivity index (χ3n) is 3.22. The molecule has 0 saturated carbocycles. The third-order valence-corrected chi connectivity index (χ3v) is 3.22. The van der Waals surface area contributed by atoms with Gasteiger partial charge in [0.1, 0.15) is 11.6 Å². The van der Waals surface area contributed by atoms with Crippen LogP contribution in [0.2, 0.25) is 0 Å². The van der Waals surface area contributed by atoms with Gasteiger partial charge in [0.2, 0.25) is 5.91 Å². The second-order valence-corrected chi connectivity index (χ2v) is 4.66. The Morgan fingerprint density at radius 3 is 2.48 bits per heavy atom. The number of hydrogen-bond donors (Lipinski definition) is 2. The molecule has 0 heterocycles. The van der Waals surface area contributed by atoms with Gasteiger partial charge in [-0.1, -0.05) is 6.07 Å². The number of ether oxygens (including phenoxy) is 1. The highest BCUT2D eigenvalue weighted by atomic mass is 19.1. The Morgan fingerprint density at radius 1 is 1.24 bits per heavy atom. The van der Waals surface area contributed by atoms with E-state index in [0.717, 1.165) is 5.69 Å². The van der Waals surface area contributed by atoms with Gasteiger partial charge in [0, 0.05) is 11.3 Å². The molecule has 0 aliphatic carbocycles. The zero-order valence-corrected chi connectivity index (χ0v) is 11.9. The Labute approximate surface area is 122 Å². The van der Waals surface area contributed by atoms with Crippen molar-refractivity contribution in [1.29, 1.82) is 0 Å². The fraction of sp³-hybridized carbons (Fsp3) is 0.188. The minimum absolute atomic E-state index is 0.291. The molecule has 2 rings (SSSR count). The molecule has 0 saturated heterocycles. The van der Waals surface area contributed by atoms with Gasteiger partial charge in [0.05, 0.1) is 18.7 Å². The molecule has 1 unspecified atom stereocenters. The van der Waals surface area contributed by atoms with Crippen LogP contribution in [0, 0.1) is 5.82 Å². The molecule has 110 valence electrons. The second-order valence-electron chi connectivity index (χ2n) is 4.66. The Morgan fingerprint density at radius 2 is 1.90 bits per heavy atom. The predicted molar refractivity (Wildman–Crippen MR) is 79.9 cm³/mol. The van der Waals surface area contributed by atoms with Gasteiger partial charge in [-0.15, -0.1) is 0 Å². The van der Waals surface area contributed by atoms with Crippen molar-refractivity contribution in [1.82, 2.24) is 0 Å². The summed E-state index contributed by atoms with van der Waals surface area (Å²) in [5.41, 5.74) is 6.84. The first-order valence-electron chi connectivity index (χ1n) is 6.51. The van der Waals surface area contributed by atoms with Gasteiger partial charge < -0.3 is 15.8 Å². The molecule has 0 fully saturated rings. The molecule has 0 aliphatic heterocycles. The number of halogens is 1. The van der Waals surface area contributed by atoms with Crippen LogP contribution in [0.25, 0.3) is 0 Å². The fourth-order valence-electron chi connectivity index (χ4n) is 2.17. The first-order valence-corrected chi connectivity index (χ1v) is 6.51. The van der Waals surface area contributed by atoms with E-state index in [2.05, 4.69) is 5.32 Å². The number of primary amides is 1. The smallest absolute Gasteiger partial charge is 0.248 e. The molecular weight excluding hydrogens is 271 g/mol. The molecule has 2 aromatic rings. The standard InChI is InChI=1S/C16H17FN2O2/c1-10(15-13(17)4-3-5-14(15)21-2)19-12-8-6-11(7-9-12)16(18)20/h3-10,19H,1-2H3,(H2,18,20). The number of carbonyl (C=O) groups is 1. The molecule has 0 radical (unpaired) electrons. The largest absolute Gasteiger partial charge is 0.496 e. The highest BCUT2D eigenvalue weighted by Crippen LogP contribution is 2.30. The monoisotopic (exact) mass is 288 g/mol. The van der Waals surface area contributed by atoms with Gasteiger partial charge in [0.25, 0.3) is 0 Å². The minimum atomic E-state index is -0.481. The van der Waals surface area contributed by atoms with Crippen LogP contribution in [-0.2, 0) is 0 Å². The molecule has 0 aromatic heterocycles. The maximum Gasteiger partial charge on any atom is 0.248 e. The van der Waals surface area contributed by atoms with Crippen LogP contribution < -0.4 is 15.8 Å². The minimum Gasteiger partial charge on any atom is -0.496 e. The first-order chi connectivity index (χ1) is 10.0. The molecule has 0 spiro atoms. The SMILES string of the molecule is COc1cccc(F)c1C(C)Nc1ccc(C(N)=O)cc1. The third kappa shape index (κ3) is 3.31. The average Bonchev–Trinajstić information content (AvgIpc) is 2.47. The molecular formula is C16H17FN2O2. The lowest BCUT2D eigenvalue weighted by Gasteiger charge is -2.19. The van der Waals surface area contributed by atoms with Crippen molar-refractivity contribution < 1.29 is 13.9 Å². The Kier molecular flexibility index (Phi) is 4.42. The highest BCUT2D eigenvalue weighted by molar-refractivity contribution is 5.93. The number of nitrogens with two attached hydrogens (primary N) is 1. The quantitative estimate of drug-likeness (QED) is 0.888. The Bertz CT molecular complexity index is 641. The zero-order valence-electron chi connectivity index (χ0n) is 11.9. The number of amides is 1. The molecule has 4 nitrogen and oxygen atoms in total. The average molecular weight is 288 g/mol. The summed E-state index contributed by atoms with van der Waals surface area (Å²) in [6.45, 7) is 1.84. The summed E-state index contributed by atoms with van der Waals surface area (Å²) in [6.07, 6.45) is 0. The van der Waals surface area contributed by atoms with Crippen LogP contribution in [0.3, 0.4) is 0 Å². The summed E-state index contributed by atoms with van der Waals surface area (Å²) in [7, 11) is 1.51. The molecule has 21 heavy (non-hydrogen) atoms. The molecule has 0 bridgehead atoms. The lowest BCUT2D eigenvalue weighted by atomic mass is 10.1. The fourth-order valence-corrected chi connectivity index (χ4v) is 2.17. The van der Waals surface area contributed by atoms with E-state index in [0.29, 0.717) is 16.9 Å². The maximum absolute atomic E-state index is 14.0. The predicted octanol–water partition coefficient (Wildman–Crippen LogP) is 3.11. The zero-order chi connectivity index (χ0) is 15.4. The number of methoxy groups -OCH3 is 1. The highest BCUT2D eigenvalue weighted by Gasteiger charge is 2.16. The summed E-state index contributed by atoms with van der Waals surface area (Å²) in [4.78, 5) is 11.0. The van der Waals surface area contributed by atoms with E-state index in [1.807, 2.05) is 6.92 Å². The molecule has 3 N–H and O–H groups in total. The van der Waals surface area contributed by atoms with Crippen molar-refractivity contribution in [2.24, 2.45) is 5.73 Å². The Balaban J connectivity index is 2.22. The normalized spacial score (nSPS) is 11.8. The van der Waals surface area contributed by atoms with Crippen LogP contribution in [0.15, 0.2) is 42.5 Å². The van der Waals surface area contributed by atoms with Crippen molar-refractivity contribution in [3.05, 3.63) is 59.4 Å². The summed E-state index contributed by atoms with van der Waals surface area (Å²) in [5.74, 6) is -0.322. The lowest BCUT2D eigenvalue weighted by Crippen LogP contribution is -2.12. The number of benzene rings is 2.